The number of hydrogen-bond acceptors (Lipinski definition) is 11. The summed E-state index contributed by atoms with van der Waals surface area (Å²) in [6, 6.07) is 0. The first-order valence-electron chi connectivity index (χ1n) is 4.51. The van der Waals surface area contributed by atoms with E-state index in [1.807, 2.05) is 0 Å². The van der Waals surface area contributed by atoms with Gasteiger partial charge in [0, 0.05) is 0 Å². The molecule has 116 valence electrons. The van der Waals surface area contributed by atoms with Crippen molar-refractivity contribution in [2.24, 2.45) is 0 Å². The summed E-state index contributed by atoms with van der Waals surface area (Å²) < 4.78 is 0. The van der Waals surface area contributed by atoms with Crippen LogP contribution < -0.4 is 126 Å². The minimum Gasteiger partial charge on any atom is -0.547 e. The van der Waals surface area contributed by atoms with E-state index < -0.39 is 48.3 Å². The third-order valence-corrected chi connectivity index (χ3v) is 1.58. The number of carbonyl (C=O) groups excluding carboxylic acids is 3. The predicted octanol–water partition coefficient (Wildman–Crippen LogP) is -17.2. The van der Waals surface area contributed by atoms with Crippen LogP contribution in [0.25, 0.3) is 0 Å². The Morgan fingerprint density at radius 3 is 0.870 bits per heavy atom. The van der Waals surface area contributed by atoms with Gasteiger partial charge in [0.25, 0.3) is 0 Å². The molecular weight excluding hydrogens is 373 g/mol. The first-order valence-corrected chi connectivity index (χ1v) is 4.51. The third-order valence-electron chi connectivity index (χ3n) is 1.58. The Balaban J connectivity index is -0.0000000831. The van der Waals surface area contributed by atoms with Gasteiger partial charge in [-0.3, -0.25) is 0 Å². The Morgan fingerprint density at radius 1 is 0.609 bits per heavy atom. The van der Waals surface area contributed by atoms with Crippen LogP contribution in [-0.4, -0.2) is 73.8 Å². The van der Waals surface area contributed by atoms with E-state index in [-0.39, 0.29) is 110 Å². The normalized spacial score (nSPS) is 13.7. The monoisotopic (exact) mass is 382 g/mol. The number of hydrogen-bond donors (Lipinski definition) is 5. The number of carboxylic acid groups (broad SMARTS) is 4. The molecule has 0 aliphatic carbocycles. The first-order chi connectivity index (χ1) is 8.93. The van der Waals surface area contributed by atoms with Gasteiger partial charge in [0.05, 0.1) is 17.9 Å². The summed E-state index contributed by atoms with van der Waals surface area (Å²) in [6.07, 6.45) is -9.59. The fraction of sp³-hybridized carbons (Fsp3) is 0.500. The average molecular weight is 382 g/mol. The molecule has 0 heterocycles. The molecule has 0 fully saturated rings. The van der Waals surface area contributed by atoms with Crippen LogP contribution in [0.1, 0.15) is 0 Å². The smallest absolute Gasteiger partial charge is 0.547 e. The predicted molar refractivity (Wildman–Crippen MR) is 46.7 cm³/mol. The third kappa shape index (κ3) is 16.6. The topological polar surface area (TPSA) is 239 Å². The van der Waals surface area contributed by atoms with Crippen LogP contribution in [0.3, 0.4) is 0 Å². The molecule has 15 heteroatoms. The summed E-state index contributed by atoms with van der Waals surface area (Å²) in [5, 5.41) is 69.9. The molecule has 0 saturated heterocycles. The van der Waals surface area contributed by atoms with E-state index in [1.165, 1.54) is 0 Å². The van der Waals surface area contributed by atoms with Gasteiger partial charge in [-0.25, -0.2) is 4.79 Å². The number of aliphatic hydroxyl groups excluding tert-OH is 4. The Labute approximate surface area is 215 Å². The summed E-state index contributed by atoms with van der Waals surface area (Å²) in [6.45, 7) is 0. The van der Waals surface area contributed by atoms with E-state index in [2.05, 4.69) is 0 Å². The molecule has 0 aliphatic rings. The molecule has 0 bridgehead atoms. The second-order valence-corrected chi connectivity index (χ2v) is 3.07. The fourth-order valence-electron chi connectivity index (χ4n) is 0.522. The van der Waals surface area contributed by atoms with E-state index in [1.54, 1.807) is 0 Å². The standard InChI is InChI=1S/2C4H6O6.K.2Na/c2*5-1(3(7)8)2(6)4(9)10;;;/h2*1-2,5-6H,(H,7,8)(H,9,10);;;/q;;3*+1/p-3. The molecule has 4 atom stereocenters. The minimum atomic E-state index is -2.44. The number of carbonyl (C=O) groups is 4. The maximum Gasteiger partial charge on any atom is 1.00 e. The Hall–Kier alpha value is 1.36. The van der Waals surface area contributed by atoms with Crippen molar-refractivity contribution in [3.05, 3.63) is 0 Å². The second kappa shape index (κ2) is 18.2. The van der Waals surface area contributed by atoms with Crippen molar-refractivity contribution >= 4 is 23.9 Å². The van der Waals surface area contributed by atoms with Crippen LogP contribution in [0.15, 0.2) is 0 Å². The van der Waals surface area contributed by atoms with Crippen LogP contribution in [0.4, 0.5) is 0 Å². The van der Waals surface area contributed by atoms with E-state index in [4.69, 9.17) is 25.5 Å². The van der Waals surface area contributed by atoms with E-state index in [9.17, 15) is 34.5 Å². The van der Waals surface area contributed by atoms with Crippen LogP contribution in [0.2, 0.25) is 0 Å². The molecule has 0 aromatic rings. The van der Waals surface area contributed by atoms with E-state index in [0.717, 1.165) is 0 Å². The zero-order valence-electron chi connectivity index (χ0n) is 12.4. The van der Waals surface area contributed by atoms with E-state index >= 15 is 0 Å². The number of rotatable bonds is 6. The van der Waals surface area contributed by atoms with Crippen molar-refractivity contribution in [1.29, 1.82) is 0 Å². The number of aliphatic hydroxyl groups is 4. The molecular formula is C8H9KNa2O12. The summed E-state index contributed by atoms with van der Waals surface area (Å²) in [4.78, 5) is 38.7. The summed E-state index contributed by atoms with van der Waals surface area (Å²) in [7, 11) is 0. The van der Waals surface area contributed by atoms with Crippen LogP contribution in [0, 0.1) is 0 Å². The summed E-state index contributed by atoms with van der Waals surface area (Å²) >= 11 is 0. The molecule has 23 heavy (non-hydrogen) atoms. The Morgan fingerprint density at radius 2 is 0.783 bits per heavy atom. The maximum atomic E-state index is 9.74. The van der Waals surface area contributed by atoms with Crippen LogP contribution in [0.5, 0.6) is 0 Å². The van der Waals surface area contributed by atoms with Crippen molar-refractivity contribution in [2.75, 3.05) is 0 Å². The molecule has 4 unspecified atom stereocenters. The van der Waals surface area contributed by atoms with Gasteiger partial charge in [-0.05, 0) is 0 Å². The van der Waals surface area contributed by atoms with Gasteiger partial charge in [0.1, 0.15) is 18.3 Å². The quantitative estimate of drug-likeness (QED) is 0.269. The van der Waals surface area contributed by atoms with Gasteiger partial charge in [0.15, 0.2) is 6.10 Å². The molecule has 12 nitrogen and oxygen atoms in total. The molecule has 0 aromatic carbocycles. The zero-order valence-corrected chi connectivity index (χ0v) is 19.5. The van der Waals surface area contributed by atoms with Gasteiger partial charge in [-0.1, -0.05) is 0 Å². The molecule has 0 aromatic heterocycles. The summed E-state index contributed by atoms with van der Waals surface area (Å²) in [5.41, 5.74) is 0. The van der Waals surface area contributed by atoms with Crippen molar-refractivity contribution in [1.82, 2.24) is 0 Å². The van der Waals surface area contributed by atoms with Gasteiger partial charge in [0.2, 0.25) is 0 Å². The van der Waals surface area contributed by atoms with E-state index in [0.29, 0.717) is 0 Å². The van der Waals surface area contributed by atoms with Crippen molar-refractivity contribution < 1.29 is 171 Å². The largest absolute Gasteiger partial charge is 1.00 e. The molecule has 0 radical (unpaired) electrons. The van der Waals surface area contributed by atoms with Gasteiger partial charge < -0.3 is 55.2 Å². The second-order valence-electron chi connectivity index (χ2n) is 3.07. The van der Waals surface area contributed by atoms with Crippen molar-refractivity contribution in [2.45, 2.75) is 24.4 Å². The molecule has 0 spiro atoms. The zero-order chi connectivity index (χ0) is 16.6. The molecule has 0 aliphatic heterocycles. The van der Waals surface area contributed by atoms with Crippen LogP contribution >= 0.6 is 0 Å². The van der Waals surface area contributed by atoms with Crippen molar-refractivity contribution in [3.63, 3.8) is 0 Å². The molecule has 0 amide bonds. The fourth-order valence-corrected chi connectivity index (χ4v) is 0.522. The van der Waals surface area contributed by atoms with Gasteiger partial charge in [-0.15, -0.1) is 0 Å². The minimum absolute atomic E-state index is 0. The molecule has 0 rings (SSSR count). The van der Waals surface area contributed by atoms with Crippen LogP contribution in [-0.2, 0) is 19.2 Å². The van der Waals surface area contributed by atoms with Gasteiger partial charge in [-0.2, -0.15) is 0 Å². The molecule has 0 saturated carbocycles. The maximum absolute atomic E-state index is 9.74. The number of aliphatic carboxylic acids is 4. The molecule has 5 N–H and O–H groups in total. The number of carboxylic acids is 4. The average Bonchev–Trinajstić information content (AvgIpc) is 2.35. The Kier molecular flexibility index (Phi) is 28.0. The van der Waals surface area contributed by atoms with Gasteiger partial charge >= 0.3 is 116 Å². The first kappa shape index (κ1) is 35.5. The summed E-state index contributed by atoms with van der Waals surface area (Å²) in [5.74, 6) is -7.94. The Bertz CT molecular complexity index is 319. The SMILES string of the molecule is O=C([O-])C(O)C(O)C(=O)O.O=C([O-])C(O)C(O)C(=O)[O-].[K+].[Na+].[Na+]. The van der Waals surface area contributed by atoms with Crippen molar-refractivity contribution in [3.8, 4) is 0 Å².